The first-order valence-corrected chi connectivity index (χ1v) is 4.79. The van der Waals surface area contributed by atoms with Crippen LogP contribution in [0.15, 0.2) is 18.5 Å². The molecule has 0 saturated heterocycles. The highest BCUT2D eigenvalue weighted by atomic mass is 16.6. The van der Waals surface area contributed by atoms with E-state index in [1.807, 2.05) is 6.92 Å². The molecule has 92 valence electrons. The van der Waals surface area contributed by atoms with Gasteiger partial charge in [-0.1, -0.05) is 5.57 Å². The van der Waals surface area contributed by atoms with Crippen molar-refractivity contribution < 1.29 is 9.66 Å². The fraction of sp³-hybridized carbons (Fsp3) is 0.333. The monoisotopic (exact) mass is 239 g/mol. The average molecular weight is 239 g/mol. The second kappa shape index (κ2) is 5.75. The molecule has 8 nitrogen and oxygen atoms in total. The molecule has 0 bridgehead atoms. The van der Waals surface area contributed by atoms with E-state index in [9.17, 15) is 10.1 Å². The molecule has 0 aliphatic heterocycles. The van der Waals surface area contributed by atoms with Gasteiger partial charge in [0, 0.05) is 6.42 Å². The number of ether oxygens (including phenoxy) is 1. The van der Waals surface area contributed by atoms with Crippen LogP contribution in [0, 0.1) is 10.1 Å². The second-order valence-electron chi connectivity index (χ2n) is 3.33. The van der Waals surface area contributed by atoms with Crippen LogP contribution < -0.4 is 16.0 Å². The Kier molecular flexibility index (Phi) is 4.35. The minimum atomic E-state index is -0.648. The van der Waals surface area contributed by atoms with E-state index in [1.54, 1.807) is 0 Å². The Labute approximate surface area is 97.6 Å². The first-order valence-electron chi connectivity index (χ1n) is 4.79. The fourth-order valence-electron chi connectivity index (χ4n) is 1.06. The highest BCUT2D eigenvalue weighted by Crippen LogP contribution is 2.30. The number of nitrogens with two attached hydrogens (primary N) is 1. The standard InChI is InChI=1S/C9H13N5O3/c1-6(2)3-4-17-9-7(14(15)16)8(13-10)11-5-12-9/h5H,1,3-4,10H2,2H3,(H,11,12,13). The maximum absolute atomic E-state index is 10.8. The number of nitro groups is 1. The number of nitrogens with zero attached hydrogens (tertiary/aromatic N) is 3. The van der Waals surface area contributed by atoms with Gasteiger partial charge in [0.2, 0.25) is 5.82 Å². The van der Waals surface area contributed by atoms with Crippen molar-refractivity contribution in [3.05, 3.63) is 28.6 Å². The highest BCUT2D eigenvalue weighted by Gasteiger charge is 2.23. The molecule has 1 aromatic heterocycles. The molecule has 1 rings (SSSR count). The van der Waals surface area contributed by atoms with Gasteiger partial charge in [-0.15, -0.1) is 6.58 Å². The van der Waals surface area contributed by atoms with E-state index in [2.05, 4.69) is 22.0 Å². The van der Waals surface area contributed by atoms with Crippen molar-refractivity contribution in [2.24, 2.45) is 5.84 Å². The molecule has 0 aliphatic carbocycles. The normalized spacial score (nSPS) is 9.76. The maximum atomic E-state index is 10.8. The van der Waals surface area contributed by atoms with E-state index in [-0.39, 0.29) is 24.0 Å². The predicted octanol–water partition coefficient (Wildman–Crippen LogP) is 1.02. The fourth-order valence-corrected chi connectivity index (χ4v) is 1.06. The molecule has 0 unspecified atom stereocenters. The Hall–Kier alpha value is -2.22. The molecule has 17 heavy (non-hydrogen) atoms. The van der Waals surface area contributed by atoms with E-state index in [4.69, 9.17) is 10.6 Å². The van der Waals surface area contributed by atoms with Crippen molar-refractivity contribution in [3.8, 4) is 5.88 Å². The number of hydrazine groups is 1. The summed E-state index contributed by atoms with van der Waals surface area (Å²) in [7, 11) is 0. The Morgan fingerprint density at radius 3 is 2.94 bits per heavy atom. The number of nitrogens with one attached hydrogen (secondary N) is 1. The van der Waals surface area contributed by atoms with Crippen LogP contribution in [0.5, 0.6) is 5.88 Å². The summed E-state index contributed by atoms with van der Waals surface area (Å²) in [6, 6.07) is 0. The van der Waals surface area contributed by atoms with Gasteiger partial charge in [-0.05, 0) is 6.92 Å². The Balaban J connectivity index is 2.90. The summed E-state index contributed by atoms with van der Waals surface area (Å²) in [5.41, 5.74) is 2.66. The van der Waals surface area contributed by atoms with Crippen molar-refractivity contribution in [2.75, 3.05) is 12.0 Å². The molecule has 0 aromatic carbocycles. The number of aromatic nitrogens is 2. The van der Waals surface area contributed by atoms with Crippen LogP contribution in [-0.4, -0.2) is 21.5 Å². The summed E-state index contributed by atoms with van der Waals surface area (Å²) in [6.07, 6.45) is 1.73. The van der Waals surface area contributed by atoms with Crippen LogP contribution >= 0.6 is 0 Å². The third-order valence-corrected chi connectivity index (χ3v) is 1.88. The number of anilines is 1. The first-order chi connectivity index (χ1) is 8.06. The molecule has 1 heterocycles. The van der Waals surface area contributed by atoms with Crippen molar-refractivity contribution >= 4 is 11.5 Å². The maximum Gasteiger partial charge on any atom is 0.374 e. The van der Waals surface area contributed by atoms with E-state index >= 15 is 0 Å². The van der Waals surface area contributed by atoms with Gasteiger partial charge in [-0.2, -0.15) is 4.98 Å². The molecule has 1 aromatic rings. The molecule has 0 amide bonds. The largest absolute Gasteiger partial charge is 0.472 e. The van der Waals surface area contributed by atoms with Crippen LogP contribution in [0.3, 0.4) is 0 Å². The summed E-state index contributed by atoms with van der Waals surface area (Å²) >= 11 is 0. The summed E-state index contributed by atoms with van der Waals surface area (Å²) in [4.78, 5) is 17.5. The van der Waals surface area contributed by atoms with E-state index in [0.717, 1.165) is 11.9 Å². The molecular formula is C9H13N5O3. The zero-order chi connectivity index (χ0) is 12.8. The molecule has 3 N–H and O–H groups in total. The zero-order valence-corrected chi connectivity index (χ0v) is 9.34. The second-order valence-corrected chi connectivity index (χ2v) is 3.33. The summed E-state index contributed by atoms with van der Waals surface area (Å²) in [5.74, 6) is 4.92. The van der Waals surface area contributed by atoms with Crippen molar-refractivity contribution in [2.45, 2.75) is 13.3 Å². The lowest BCUT2D eigenvalue weighted by Crippen LogP contribution is -2.13. The van der Waals surface area contributed by atoms with E-state index in [1.165, 1.54) is 0 Å². The number of hydrogen-bond acceptors (Lipinski definition) is 7. The number of rotatable bonds is 6. The number of nitrogen functional groups attached to an aromatic ring is 1. The Bertz CT molecular complexity index is 435. The molecule has 0 spiro atoms. The topological polar surface area (TPSA) is 116 Å². The molecule has 0 radical (unpaired) electrons. The predicted molar refractivity (Wildman–Crippen MR) is 61.4 cm³/mol. The van der Waals surface area contributed by atoms with Gasteiger partial charge >= 0.3 is 5.69 Å². The van der Waals surface area contributed by atoms with E-state index in [0.29, 0.717) is 6.42 Å². The first kappa shape index (κ1) is 12.8. The smallest absolute Gasteiger partial charge is 0.374 e. The van der Waals surface area contributed by atoms with Gasteiger partial charge in [0.25, 0.3) is 5.88 Å². The summed E-state index contributed by atoms with van der Waals surface area (Å²) in [5, 5.41) is 10.8. The summed E-state index contributed by atoms with van der Waals surface area (Å²) in [6.45, 7) is 5.80. The lowest BCUT2D eigenvalue weighted by atomic mass is 10.3. The summed E-state index contributed by atoms with van der Waals surface area (Å²) < 4.78 is 5.20. The van der Waals surface area contributed by atoms with Gasteiger partial charge in [-0.3, -0.25) is 10.1 Å². The number of hydrogen-bond donors (Lipinski definition) is 2. The quantitative estimate of drug-likeness (QED) is 0.329. The lowest BCUT2D eigenvalue weighted by molar-refractivity contribution is -0.385. The molecule has 0 atom stereocenters. The lowest BCUT2D eigenvalue weighted by Gasteiger charge is -2.07. The third-order valence-electron chi connectivity index (χ3n) is 1.88. The van der Waals surface area contributed by atoms with Crippen LogP contribution in [0.4, 0.5) is 11.5 Å². The van der Waals surface area contributed by atoms with Gasteiger partial charge in [0.05, 0.1) is 11.5 Å². The molecular weight excluding hydrogens is 226 g/mol. The van der Waals surface area contributed by atoms with Crippen molar-refractivity contribution in [1.82, 2.24) is 9.97 Å². The third kappa shape index (κ3) is 3.38. The molecule has 0 fully saturated rings. The highest BCUT2D eigenvalue weighted by molar-refractivity contribution is 5.60. The molecule has 0 aliphatic rings. The van der Waals surface area contributed by atoms with E-state index < -0.39 is 4.92 Å². The van der Waals surface area contributed by atoms with Crippen LogP contribution in [0.2, 0.25) is 0 Å². The van der Waals surface area contributed by atoms with Crippen molar-refractivity contribution in [1.29, 1.82) is 0 Å². The van der Waals surface area contributed by atoms with Crippen LogP contribution in [-0.2, 0) is 0 Å². The van der Waals surface area contributed by atoms with Gasteiger partial charge in [-0.25, -0.2) is 10.8 Å². The minimum absolute atomic E-state index is 0.0877. The SMILES string of the molecule is C=C(C)CCOc1ncnc(NN)c1[N+](=O)[O-]. The zero-order valence-electron chi connectivity index (χ0n) is 9.34. The van der Waals surface area contributed by atoms with Crippen molar-refractivity contribution in [3.63, 3.8) is 0 Å². The minimum Gasteiger partial charge on any atom is -0.472 e. The molecule has 8 heteroatoms. The van der Waals surface area contributed by atoms with Gasteiger partial charge in [0.1, 0.15) is 6.33 Å². The Morgan fingerprint density at radius 1 is 1.71 bits per heavy atom. The Morgan fingerprint density at radius 2 is 2.41 bits per heavy atom. The molecule has 0 saturated carbocycles. The average Bonchev–Trinajstić information content (AvgIpc) is 2.27. The van der Waals surface area contributed by atoms with Crippen LogP contribution in [0.1, 0.15) is 13.3 Å². The van der Waals surface area contributed by atoms with Gasteiger partial charge in [0.15, 0.2) is 0 Å². The van der Waals surface area contributed by atoms with Crippen LogP contribution in [0.25, 0.3) is 0 Å². The van der Waals surface area contributed by atoms with Gasteiger partial charge < -0.3 is 10.2 Å².